The lowest BCUT2D eigenvalue weighted by atomic mass is 10.2. The lowest BCUT2D eigenvalue weighted by Gasteiger charge is -2.27. The van der Waals surface area contributed by atoms with E-state index in [1.807, 2.05) is 12.1 Å². The summed E-state index contributed by atoms with van der Waals surface area (Å²) in [5, 5.41) is 6.72. The van der Waals surface area contributed by atoms with Crippen LogP contribution in [0.5, 0.6) is 0 Å². The highest BCUT2D eigenvalue weighted by molar-refractivity contribution is 14.0. The molecule has 172 valence electrons. The largest absolute Gasteiger partial charge is 0.469 e. The third-order valence-corrected chi connectivity index (χ3v) is 6.61. The van der Waals surface area contributed by atoms with Crippen molar-refractivity contribution >= 4 is 40.0 Å². The van der Waals surface area contributed by atoms with Crippen molar-refractivity contribution in [3.8, 4) is 0 Å². The maximum Gasteiger partial charge on any atom is 0.211 e. The van der Waals surface area contributed by atoms with Crippen LogP contribution in [0.2, 0.25) is 0 Å². The van der Waals surface area contributed by atoms with E-state index in [1.165, 1.54) is 6.26 Å². The van der Waals surface area contributed by atoms with Crippen molar-refractivity contribution in [2.45, 2.75) is 25.3 Å². The van der Waals surface area contributed by atoms with Gasteiger partial charge < -0.3 is 19.8 Å². The SMILES string of the molecule is CS(=O)(=O)N1CCC[C@@H]1CN=C(NCCc1ccco1)NCCN1CCOCC1.I. The molecule has 3 heterocycles. The molecule has 11 heteroatoms. The molecule has 0 unspecified atom stereocenters. The number of ether oxygens (including phenoxy) is 1. The molecule has 0 aromatic carbocycles. The first-order chi connectivity index (χ1) is 14.0. The fraction of sp³-hybridized carbons (Fsp3) is 0.737. The quantitative estimate of drug-likeness (QED) is 0.264. The molecule has 0 bridgehead atoms. The molecule has 0 radical (unpaired) electrons. The van der Waals surface area contributed by atoms with E-state index < -0.39 is 10.0 Å². The van der Waals surface area contributed by atoms with E-state index in [2.05, 4.69) is 20.5 Å². The average molecular weight is 555 g/mol. The molecule has 2 N–H and O–H groups in total. The summed E-state index contributed by atoms with van der Waals surface area (Å²) in [7, 11) is -3.19. The van der Waals surface area contributed by atoms with E-state index in [1.54, 1.807) is 10.6 Å². The number of morpholine rings is 1. The molecule has 0 aliphatic carbocycles. The third kappa shape index (κ3) is 8.33. The Bertz CT molecular complexity index is 738. The van der Waals surface area contributed by atoms with E-state index in [-0.39, 0.29) is 30.0 Å². The first-order valence-corrected chi connectivity index (χ1v) is 12.2. The fourth-order valence-corrected chi connectivity index (χ4v) is 4.89. The van der Waals surface area contributed by atoms with Gasteiger partial charge in [0.2, 0.25) is 10.0 Å². The molecule has 30 heavy (non-hydrogen) atoms. The van der Waals surface area contributed by atoms with Crippen molar-refractivity contribution < 1.29 is 17.6 Å². The zero-order valence-corrected chi connectivity index (χ0v) is 20.7. The minimum Gasteiger partial charge on any atom is -0.469 e. The first-order valence-electron chi connectivity index (χ1n) is 10.3. The van der Waals surface area contributed by atoms with Gasteiger partial charge in [-0.2, -0.15) is 4.31 Å². The zero-order valence-electron chi connectivity index (χ0n) is 17.6. The summed E-state index contributed by atoms with van der Waals surface area (Å²) >= 11 is 0. The predicted octanol–water partition coefficient (Wildman–Crippen LogP) is 0.732. The number of furan rings is 1. The van der Waals surface area contributed by atoms with Crippen molar-refractivity contribution in [1.82, 2.24) is 19.8 Å². The third-order valence-electron chi connectivity index (χ3n) is 5.28. The van der Waals surface area contributed by atoms with Crippen LogP contribution >= 0.6 is 24.0 Å². The Balaban J connectivity index is 0.00000320. The first kappa shape index (κ1) is 25.4. The summed E-state index contributed by atoms with van der Waals surface area (Å²) in [5.41, 5.74) is 0. The highest BCUT2D eigenvalue weighted by Crippen LogP contribution is 2.20. The molecule has 0 saturated carbocycles. The molecular weight excluding hydrogens is 521 g/mol. The Hall–Kier alpha value is -0.890. The normalized spacial score (nSPS) is 21.4. The highest BCUT2D eigenvalue weighted by Gasteiger charge is 2.31. The Labute approximate surface area is 196 Å². The van der Waals surface area contributed by atoms with Crippen molar-refractivity contribution in [1.29, 1.82) is 0 Å². The maximum atomic E-state index is 12.0. The molecule has 2 saturated heterocycles. The van der Waals surface area contributed by atoms with Gasteiger partial charge in [0.25, 0.3) is 0 Å². The Kier molecular flexibility index (Phi) is 10.9. The zero-order chi connectivity index (χ0) is 20.5. The number of rotatable bonds is 9. The van der Waals surface area contributed by atoms with Crippen LogP contribution in [-0.2, 0) is 21.2 Å². The molecule has 0 spiro atoms. The van der Waals surface area contributed by atoms with Gasteiger partial charge in [0.15, 0.2) is 5.96 Å². The number of nitrogens with one attached hydrogen (secondary N) is 2. The van der Waals surface area contributed by atoms with Crippen LogP contribution in [0.25, 0.3) is 0 Å². The van der Waals surface area contributed by atoms with Gasteiger partial charge in [0.05, 0.1) is 32.3 Å². The van der Waals surface area contributed by atoms with E-state index in [0.717, 1.165) is 64.4 Å². The number of nitrogens with zero attached hydrogens (tertiary/aromatic N) is 3. The molecule has 3 rings (SSSR count). The topological polar surface area (TPSA) is 99.4 Å². The van der Waals surface area contributed by atoms with Gasteiger partial charge in [-0.15, -0.1) is 24.0 Å². The second-order valence-electron chi connectivity index (χ2n) is 7.50. The van der Waals surface area contributed by atoms with Crippen molar-refractivity contribution in [3.05, 3.63) is 24.2 Å². The van der Waals surface area contributed by atoms with Crippen LogP contribution < -0.4 is 10.6 Å². The predicted molar refractivity (Wildman–Crippen MR) is 128 cm³/mol. The lowest BCUT2D eigenvalue weighted by molar-refractivity contribution is 0.0389. The molecule has 0 amide bonds. The molecular formula is C19H34IN5O4S. The molecule has 9 nitrogen and oxygen atoms in total. The summed E-state index contributed by atoms with van der Waals surface area (Å²) in [6.45, 7) is 6.89. The van der Waals surface area contributed by atoms with Crippen LogP contribution in [0, 0.1) is 0 Å². The van der Waals surface area contributed by atoms with Gasteiger partial charge in [-0.25, -0.2) is 8.42 Å². The smallest absolute Gasteiger partial charge is 0.211 e. The number of halogens is 1. The summed E-state index contributed by atoms with van der Waals surface area (Å²) in [6.07, 6.45) is 5.45. The van der Waals surface area contributed by atoms with Crippen LogP contribution in [0.1, 0.15) is 18.6 Å². The summed E-state index contributed by atoms with van der Waals surface area (Å²) in [6, 6.07) is 3.77. The van der Waals surface area contributed by atoms with Crippen molar-refractivity contribution in [2.75, 3.05) is 65.3 Å². The van der Waals surface area contributed by atoms with Crippen LogP contribution in [-0.4, -0.2) is 94.9 Å². The molecule has 1 aromatic rings. The summed E-state index contributed by atoms with van der Waals surface area (Å²) in [5.74, 6) is 1.63. The van der Waals surface area contributed by atoms with Crippen LogP contribution in [0.15, 0.2) is 27.8 Å². The standard InChI is InChI=1S/C19H33N5O4S.HI/c1-29(25,26)24-9-2-4-17(24)16-22-19(20-7-6-18-5-3-13-28-18)21-8-10-23-11-14-27-15-12-23;/h3,5,13,17H,2,4,6-12,14-16H2,1H3,(H2,20,21,22);1H/t17-;/m1./s1. The van der Waals surface area contributed by atoms with E-state index in [4.69, 9.17) is 9.15 Å². The van der Waals surface area contributed by atoms with Crippen molar-refractivity contribution in [2.24, 2.45) is 4.99 Å². The molecule has 2 fully saturated rings. The van der Waals surface area contributed by atoms with Gasteiger partial charge in [0, 0.05) is 51.7 Å². The van der Waals surface area contributed by atoms with Gasteiger partial charge in [-0.05, 0) is 25.0 Å². The second kappa shape index (κ2) is 12.8. The van der Waals surface area contributed by atoms with E-state index in [0.29, 0.717) is 25.6 Å². The summed E-state index contributed by atoms with van der Waals surface area (Å²) in [4.78, 5) is 7.05. The van der Waals surface area contributed by atoms with Crippen LogP contribution in [0.3, 0.4) is 0 Å². The van der Waals surface area contributed by atoms with Gasteiger partial charge in [-0.3, -0.25) is 9.89 Å². The van der Waals surface area contributed by atoms with Gasteiger partial charge in [-0.1, -0.05) is 0 Å². The van der Waals surface area contributed by atoms with E-state index in [9.17, 15) is 8.42 Å². The number of hydrogen-bond acceptors (Lipinski definition) is 6. The maximum absolute atomic E-state index is 12.0. The molecule has 1 aromatic heterocycles. The fourth-order valence-electron chi connectivity index (χ4n) is 3.72. The molecule has 2 aliphatic rings. The van der Waals surface area contributed by atoms with Gasteiger partial charge >= 0.3 is 0 Å². The Morgan fingerprint density at radius 1 is 1.23 bits per heavy atom. The molecule has 2 aliphatic heterocycles. The number of aliphatic imine (C=N–C) groups is 1. The minimum atomic E-state index is -3.19. The average Bonchev–Trinajstić information content (AvgIpc) is 3.38. The monoisotopic (exact) mass is 555 g/mol. The highest BCUT2D eigenvalue weighted by atomic mass is 127. The number of sulfonamides is 1. The summed E-state index contributed by atoms with van der Waals surface area (Å²) < 4.78 is 36.3. The van der Waals surface area contributed by atoms with Crippen LogP contribution in [0.4, 0.5) is 0 Å². The molecule has 1 atom stereocenters. The van der Waals surface area contributed by atoms with E-state index >= 15 is 0 Å². The number of hydrogen-bond donors (Lipinski definition) is 2. The number of guanidine groups is 1. The minimum absolute atomic E-state index is 0. The van der Waals surface area contributed by atoms with Crippen molar-refractivity contribution in [3.63, 3.8) is 0 Å². The Morgan fingerprint density at radius 3 is 2.70 bits per heavy atom. The Morgan fingerprint density at radius 2 is 2.00 bits per heavy atom. The van der Waals surface area contributed by atoms with Gasteiger partial charge in [0.1, 0.15) is 5.76 Å². The second-order valence-corrected chi connectivity index (χ2v) is 9.43. The lowest BCUT2D eigenvalue weighted by Crippen LogP contribution is -2.45.